The van der Waals surface area contributed by atoms with Crippen LogP contribution in [0.1, 0.15) is 22.7 Å². The van der Waals surface area contributed by atoms with E-state index in [-0.39, 0.29) is 23.2 Å². The van der Waals surface area contributed by atoms with Gasteiger partial charge in [-0.2, -0.15) is 5.23 Å². The zero-order chi connectivity index (χ0) is 20.2. The smallest absolute Gasteiger partial charge is 0.171 e. The lowest BCUT2D eigenvalue weighted by molar-refractivity contribution is -0.991. The van der Waals surface area contributed by atoms with Crippen LogP contribution >= 0.6 is 0 Å². The Morgan fingerprint density at radius 3 is 2.43 bits per heavy atom. The van der Waals surface area contributed by atoms with Crippen molar-refractivity contribution in [2.24, 2.45) is 0 Å². The van der Waals surface area contributed by atoms with Gasteiger partial charge in [-0.05, 0) is 37.1 Å². The number of methoxy groups -OCH3 is 3. The van der Waals surface area contributed by atoms with Gasteiger partial charge in [-0.1, -0.05) is 0 Å². The lowest BCUT2D eigenvalue weighted by Crippen LogP contribution is -2.99. The maximum absolute atomic E-state index is 12.0. The molecule has 0 radical (unpaired) electrons. The minimum absolute atomic E-state index is 0.00282. The maximum atomic E-state index is 12.0. The number of benzene rings is 2. The number of likely N-dealkylation sites (N-methyl/N-ethyl adjacent to an activating group) is 1. The van der Waals surface area contributed by atoms with Crippen molar-refractivity contribution in [3.63, 3.8) is 0 Å². The third-order valence-electron chi connectivity index (χ3n) is 5.86. The van der Waals surface area contributed by atoms with E-state index in [2.05, 4.69) is 4.90 Å². The van der Waals surface area contributed by atoms with Crippen molar-refractivity contribution in [1.29, 1.82) is 0 Å². The number of phenolic OH excluding ortho intramolecular Hbond substituents is 1. The topological polar surface area (TPSA) is 98.9 Å². The molecule has 4 rings (SSSR count). The summed E-state index contributed by atoms with van der Waals surface area (Å²) in [4.78, 5) is 2.22. The molecule has 2 aromatic carbocycles. The van der Waals surface area contributed by atoms with E-state index in [0.29, 0.717) is 34.6 Å². The van der Waals surface area contributed by atoms with E-state index in [0.717, 1.165) is 24.1 Å². The lowest BCUT2D eigenvalue weighted by atomic mass is 9.75. The van der Waals surface area contributed by atoms with Crippen LogP contribution in [0.5, 0.6) is 23.0 Å². The number of rotatable bonds is 4. The monoisotopic (exact) mass is 388 g/mol. The van der Waals surface area contributed by atoms with Gasteiger partial charge in [0.15, 0.2) is 28.7 Å². The van der Waals surface area contributed by atoms with Gasteiger partial charge in [-0.25, -0.2) is 5.21 Å². The van der Waals surface area contributed by atoms with Gasteiger partial charge in [-0.3, -0.25) is 4.90 Å². The van der Waals surface area contributed by atoms with Crippen LogP contribution in [0, 0.1) is 5.21 Å². The highest BCUT2D eigenvalue weighted by molar-refractivity contribution is 5.90. The van der Waals surface area contributed by atoms with Gasteiger partial charge in [0.1, 0.15) is 0 Å². The van der Waals surface area contributed by atoms with E-state index in [1.54, 1.807) is 14.2 Å². The molecule has 3 N–H and O–H groups in total. The van der Waals surface area contributed by atoms with Gasteiger partial charge < -0.3 is 24.5 Å². The number of nitrogens with zero attached hydrogens (tertiary/aromatic N) is 1. The standard InChI is InChI=1S/C20H24N2O6/c1-21-6-5-10-7-15(27-3)20(28-4)18-16(10)13(21)8-11-12(22(24)25)9-14(26-2)19(23)17(11)18/h7,9,13,22-24H,5-6,8H2,1-4H3/t13-/m0/s1. The van der Waals surface area contributed by atoms with Crippen LogP contribution in [0.3, 0.4) is 0 Å². The van der Waals surface area contributed by atoms with Crippen LogP contribution in [0.25, 0.3) is 11.1 Å². The van der Waals surface area contributed by atoms with Gasteiger partial charge in [0.25, 0.3) is 0 Å². The van der Waals surface area contributed by atoms with Crippen LogP contribution in [0.2, 0.25) is 0 Å². The zero-order valence-electron chi connectivity index (χ0n) is 16.3. The number of ether oxygens (including phenoxy) is 3. The highest BCUT2D eigenvalue weighted by Gasteiger charge is 2.40. The molecule has 8 nitrogen and oxygen atoms in total. The molecule has 150 valence electrons. The quantitative estimate of drug-likeness (QED) is 0.540. The fraction of sp³-hybridized carbons (Fsp3) is 0.400. The fourth-order valence-corrected chi connectivity index (χ4v) is 4.54. The van der Waals surface area contributed by atoms with Crippen LogP contribution in [0.15, 0.2) is 12.1 Å². The molecule has 0 bridgehead atoms. The summed E-state index contributed by atoms with van der Waals surface area (Å²) in [6.45, 7) is 0.854. The Morgan fingerprint density at radius 2 is 1.82 bits per heavy atom. The number of hydrogen-bond donors (Lipinski definition) is 3. The number of hydrogen-bond acceptors (Lipinski definition) is 7. The van der Waals surface area contributed by atoms with E-state index < -0.39 is 5.23 Å². The molecule has 1 aliphatic carbocycles. The molecule has 0 amide bonds. The molecule has 0 aromatic heterocycles. The summed E-state index contributed by atoms with van der Waals surface area (Å²) in [5.74, 6) is 1.09. The van der Waals surface area contributed by atoms with Crippen LogP contribution < -0.4 is 19.4 Å². The first-order chi connectivity index (χ1) is 13.4. The first-order valence-electron chi connectivity index (χ1n) is 9.07. The molecule has 0 saturated carbocycles. The normalized spacial score (nSPS) is 18.9. The third kappa shape index (κ3) is 2.53. The Bertz CT molecular complexity index is 943. The third-order valence-corrected chi connectivity index (χ3v) is 5.86. The molecular weight excluding hydrogens is 364 g/mol. The molecule has 1 heterocycles. The predicted molar refractivity (Wildman–Crippen MR) is 102 cm³/mol. The van der Waals surface area contributed by atoms with Crippen LogP contribution in [0.4, 0.5) is 5.69 Å². The summed E-state index contributed by atoms with van der Waals surface area (Å²) in [6, 6.07) is 3.37. The number of quaternary nitrogens is 1. The second-order valence-electron chi connectivity index (χ2n) is 7.14. The number of fused-ring (bicyclic) bond motifs is 2. The Hall–Kier alpha value is -2.52. The molecule has 2 atom stereocenters. The summed E-state index contributed by atoms with van der Waals surface area (Å²) in [6.07, 6.45) is 1.32. The van der Waals surface area contributed by atoms with Crippen molar-refractivity contribution in [2.45, 2.75) is 18.9 Å². The van der Waals surface area contributed by atoms with E-state index >= 15 is 0 Å². The molecule has 1 unspecified atom stereocenters. The van der Waals surface area contributed by atoms with Gasteiger partial charge in [0.2, 0.25) is 0 Å². The molecule has 2 aliphatic rings. The summed E-state index contributed by atoms with van der Waals surface area (Å²) < 4.78 is 16.5. The maximum Gasteiger partial charge on any atom is 0.171 e. The van der Waals surface area contributed by atoms with Gasteiger partial charge in [0, 0.05) is 35.3 Å². The Kier molecular flexibility index (Phi) is 4.59. The minimum Gasteiger partial charge on any atom is -0.595 e. The van der Waals surface area contributed by atoms with E-state index in [9.17, 15) is 15.5 Å². The first-order valence-corrected chi connectivity index (χ1v) is 9.07. The van der Waals surface area contributed by atoms with Crippen LogP contribution in [-0.4, -0.2) is 50.1 Å². The molecule has 0 fully saturated rings. The van der Waals surface area contributed by atoms with Crippen molar-refractivity contribution in [1.82, 2.24) is 4.90 Å². The van der Waals surface area contributed by atoms with Crippen molar-refractivity contribution in [3.05, 3.63) is 34.0 Å². The Balaban J connectivity index is 2.16. The molecule has 1 aliphatic heterocycles. The largest absolute Gasteiger partial charge is 0.595 e. The Morgan fingerprint density at radius 1 is 1.11 bits per heavy atom. The molecule has 28 heavy (non-hydrogen) atoms. The van der Waals surface area contributed by atoms with Crippen molar-refractivity contribution < 1.29 is 29.8 Å². The van der Waals surface area contributed by atoms with E-state index in [1.165, 1.54) is 13.2 Å². The predicted octanol–water partition coefficient (Wildman–Crippen LogP) is 1.57. The van der Waals surface area contributed by atoms with Crippen molar-refractivity contribution in [2.75, 3.05) is 34.9 Å². The van der Waals surface area contributed by atoms with E-state index in [4.69, 9.17) is 14.2 Å². The molecular formula is C20H24N2O6. The van der Waals surface area contributed by atoms with Gasteiger partial charge in [-0.15, -0.1) is 0 Å². The second-order valence-corrected chi connectivity index (χ2v) is 7.14. The SMILES string of the molecule is COc1cc([NH+]([O-])O)c2c(c1O)-c1c(OC)c(OC)cc3c1[C@H](C2)N(C)CC3. The number of nitrogens with one attached hydrogen (secondary N) is 1. The van der Waals surface area contributed by atoms with Crippen molar-refractivity contribution in [3.8, 4) is 34.1 Å². The molecule has 0 spiro atoms. The average Bonchev–Trinajstić information content (AvgIpc) is 2.69. The lowest BCUT2D eigenvalue weighted by Gasteiger charge is -2.41. The Labute approximate surface area is 163 Å². The summed E-state index contributed by atoms with van der Waals surface area (Å²) in [7, 11) is 6.56. The first kappa shape index (κ1) is 18.8. The molecule has 2 aromatic rings. The number of aromatic hydroxyl groups is 1. The molecule has 0 saturated heterocycles. The highest BCUT2D eigenvalue weighted by Crippen LogP contribution is 2.57. The average molecular weight is 388 g/mol. The van der Waals surface area contributed by atoms with Crippen molar-refractivity contribution >= 4 is 5.69 Å². The summed E-state index contributed by atoms with van der Waals surface area (Å²) >= 11 is 0. The highest BCUT2D eigenvalue weighted by atomic mass is 16.8. The summed E-state index contributed by atoms with van der Waals surface area (Å²) in [5.41, 5.74) is 4.03. The number of phenols is 1. The molecule has 8 heteroatoms. The fourth-order valence-electron chi connectivity index (χ4n) is 4.54. The van der Waals surface area contributed by atoms with Gasteiger partial charge >= 0.3 is 0 Å². The van der Waals surface area contributed by atoms with Gasteiger partial charge in [0.05, 0.1) is 21.3 Å². The summed E-state index contributed by atoms with van der Waals surface area (Å²) in [5, 5.41) is 31.7. The second kappa shape index (κ2) is 6.82. The zero-order valence-corrected chi connectivity index (χ0v) is 16.3. The van der Waals surface area contributed by atoms with E-state index in [1.807, 2.05) is 13.1 Å². The van der Waals surface area contributed by atoms with Crippen LogP contribution in [-0.2, 0) is 12.8 Å². The minimum atomic E-state index is -1.06.